The van der Waals surface area contributed by atoms with Gasteiger partial charge in [0.2, 0.25) is 0 Å². The Morgan fingerprint density at radius 1 is 0.652 bits per heavy atom. The quantitative estimate of drug-likeness (QED) is 0.281. The number of unbranched alkanes of at least 4 members (excludes halogenated alkanes) is 12. The molecule has 0 aliphatic carbocycles. The van der Waals surface area contributed by atoms with Gasteiger partial charge in [-0.25, -0.2) is 9.78 Å². The van der Waals surface area contributed by atoms with E-state index in [1.807, 2.05) is 0 Å². The van der Waals surface area contributed by atoms with Crippen LogP contribution in [-0.4, -0.2) is 23.9 Å². The van der Waals surface area contributed by atoms with E-state index in [2.05, 4.69) is 6.92 Å². The summed E-state index contributed by atoms with van der Waals surface area (Å²) in [6.07, 6.45) is 21.3. The molecule has 0 saturated carbocycles. The number of hydrogen-bond acceptors (Lipinski definition) is 3. The fraction of sp³-hybridized carbons (Fsp3) is 1.00. The SMILES string of the molecule is CCCCCCCCCCCCCCCC1CC(CCO)OO1. The summed E-state index contributed by atoms with van der Waals surface area (Å²) in [5.74, 6) is 0. The normalized spacial score (nSPS) is 21.1. The van der Waals surface area contributed by atoms with Crippen LogP contribution in [0.1, 0.15) is 110 Å². The topological polar surface area (TPSA) is 38.7 Å². The average molecular weight is 329 g/mol. The largest absolute Gasteiger partial charge is 0.396 e. The van der Waals surface area contributed by atoms with Crippen LogP contribution in [0.5, 0.6) is 0 Å². The molecule has 0 aromatic carbocycles. The molecule has 0 aromatic rings. The lowest BCUT2D eigenvalue weighted by Crippen LogP contribution is -2.08. The fourth-order valence-corrected chi connectivity index (χ4v) is 3.39. The first-order valence-electron chi connectivity index (χ1n) is 10.3. The van der Waals surface area contributed by atoms with Crippen molar-refractivity contribution in [3.05, 3.63) is 0 Å². The Kier molecular flexibility index (Phi) is 14.0. The Balaban J connectivity index is 1.74. The van der Waals surface area contributed by atoms with Gasteiger partial charge in [0.05, 0.1) is 12.2 Å². The lowest BCUT2D eigenvalue weighted by molar-refractivity contribution is -0.298. The first-order valence-corrected chi connectivity index (χ1v) is 10.3. The van der Waals surface area contributed by atoms with Crippen molar-refractivity contribution in [2.24, 2.45) is 0 Å². The standard InChI is InChI=1S/C20H40O3/c1-2-3-4-5-6-7-8-9-10-11-12-13-14-15-19-18-20(16-17-21)23-22-19/h19-21H,2-18H2,1H3. The Morgan fingerprint density at radius 2 is 1.09 bits per heavy atom. The molecule has 0 bridgehead atoms. The summed E-state index contributed by atoms with van der Waals surface area (Å²) in [6, 6.07) is 0. The molecule has 1 rings (SSSR count). The lowest BCUT2D eigenvalue weighted by Gasteiger charge is -2.06. The van der Waals surface area contributed by atoms with Crippen LogP contribution in [0.3, 0.4) is 0 Å². The van der Waals surface area contributed by atoms with Crippen molar-refractivity contribution in [3.63, 3.8) is 0 Å². The molecule has 1 N–H and O–H groups in total. The van der Waals surface area contributed by atoms with Crippen molar-refractivity contribution in [1.82, 2.24) is 0 Å². The third kappa shape index (κ3) is 12.0. The van der Waals surface area contributed by atoms with E-state index < -0.39 is 0 Å². The van der Waals surface area contributed by atoms with E-state index in [-0.39, 0.29) is 18.8 Å². The summed E-state index contributed by atoms with van der Waals surface area (Å²) in [4.78, 5) is 10.5. The minimum absolute atomic E-state index is 0.118. The highest BCUT2D eigenvalue weighted by Gasteiger charge is 2.26. The summed E-state index contributed by atoms with van der Waals surface area (Å²) in [5.41, 5.74) is 0. The Labute approximate surface area is 144 Å². The van der Waals surface area contributed by atoms with Crippen molar-refractivity contribution in [1.29, 1.82) is 0 Å². The molecule has 2 atom stereocenters. The Morgan fingerprint density at radius 3 is 1.57 bits per heavy atom. The lowest BCUT2D eigenvalue weighted by atomic mass is 10.0. The second-order valence-electron chi connectivity index (χ2n) is 7.22. The fourth-order valence-electron chi connectivity index (χ4n) is 3.39. The van der Waals surface area contributed by atoms with Crippen LogP contribution in [0.4, 0.5) is 0 Å². The third-order valence-corrected chi connectivity index (χ3v) is 4.93. The molecular weight excluding hydrogens is 288 g/mol. The van der Waals surface area contributed by atoms with Crippen molar-refractivity contribution >= 4 is 0 Å². The highest BCUT2D eigenvalue weighted by molar-refractivity contribution is 4.69. The molecule has 3 nitrogen and oxygen atoms in total. The highest BCUT2D eigenvalue weighted by atomic mass is 17.2. The maximum Gasteiger partial charge on any atom is 0.0977 e. The zero-order valence-corrected chi connectivity index (χ0v) is 15.4. The molecule has 1 fully saturated rings. The predicted octanol–water partition coefficient (Wildman–Crippen LogP) is 5.94. The van der Waals surface area contributed by atoms with E-state index in [1.165, 1.54) is 83.5 Å². The molecule has 1 aliphatic heterocycles. The van der Waals surface area contributed by atoms with Gasteiger partial charge < -0.3 is 5.11 Å². The van der Waals surface area contributed by atoms with Gasteiger partial charge in [-0.1, -0.05) is 90.4 Å². The van der Waals surface area contributed by atoms with E-state index in [1.54, 1.807) is 0 Å². The molecule has 2 unspecified atom stereocenters. The number of aliphatic hydroxyl groups excluding tert-OH is 1. The molecule has 3 heteroatoms. The molecule has 0 amide bonds. The van der Waals surface area contributed by atoms with Crippen LogP contribution in [-0.2, 0) is 9.78 Å². The first kappa shape index (κ1) is 20.9. The van der Waals surface area contributed by atoms with Crippen LogP contribution in [0.2, 0.25) is 0 Å². The third-order valence-electron chi connectivity index (χ3n) is 4.93. The zero-order chi connectivity index (χ0) is 16.6. The second kappa shape index (κ2) is 15.4. The van der Waals surface area contributed by atoms with Crippen LogP contribution in [0.25, 0.3) is 0 Å². The average Bonchev–Trinajstić information content (AvgIpc) is 3.00. The number of rotatable bonds is 16. The molecule has 0 radical (unpaired) electrons. The summed E-state index contributed by atoms with van der Waals surface area (Å²) in [6.45, 7) is 2.47. The molecule has 138 valence electrons. The van der Waals surface area contributed by atoms with E-state index in [4.69, 9.17) is 14.9 Å². The first-order chi connectivity index (χ1) is 11.4. The van der Waals surface area contributed by atoms with E-state index in [0.29, 0.717) is 6.42 Å². The van der Waals surface area contributed by atoms with Crippen molar-refractivity contribution in [2.45, 2.75) is 122 Å². The maximum absolute atomic E-state index is 8.88. The number of hydrogen-bond donors (Lipinski definition) is 1. The summed E-state index contributed by atoms with van der Waals surface area (Å²) in [7, 11) is 0. The molecule has 0 spiro atoms. The van der Waals surface area contributed by atoms with Gasteiger partial charge in [-0.05, 0) is 12.8 Å². The van der Waals surface area contributed by atoms with Gasteiger partial charge in [-0.15, -0.1) is 0 Å². The molecule has 0 aromatic heterocycles. The minimum atomic E-state index is 0.118. The van der Waals surface area contributed by atoms with Gasteiger partial charge in [0.1, 0.15) is 0 Å². The predicted molar refractivity (Wildman–Crippen MR) is 96.4 cm³/mol. The Hall–Kier alpha value is -0.120. The van der Waals surface area contributed by atoms with E-state index in [0.717, 1.165) is 12.8 Å². The maximum atomic E-state index is 8.88. The second-order valence-corrected chi connectivity index (χ2v) is 7.22. The van der Waals surface area contributed by atoms with E-state index >= 15 is 0 Å². The van der Waals surface area contributed by atoms with Crippen LogP contribution >= 0.6 is 0 Å². The smallest absolute Gasteiger partial charge is 0.0977 e. The van der Waals surface area contributed by atoms with Crippen molar-refractivity contribution < 1.29 is 14.9 Å². The van der Waals surface area contributed by atoms with Gasteiger partial charge in [0, 0.05) is 13.0 Å². The molecule has 23 heavy (non-hydrogen) atoms. The molecular formula is C20H40O3. The molecule has 1 aliphatic rings. The van der Waals surface area contributed by atoms with Crippen LogP contribution < -0.4 is 0 Å². The number of aliphatic hydroxyl groups is 1. The van der Waals surface area contributed by atoms with Gasteiger partial charge in [-0.2, -0.15) is 0 Å². The summed E-state index contributed by atoms with van der Waals surface area (Å²) >= 11 is 0. The van der Waals surface area contributed by atoms with Gasteiger partial charge in [0.15, 0.2) is 0 Å². The van der Waals surface area contributed by atoms with Gasteiger partial charge in [0.25, 0.3) is 0 Å². The van der Waals surface area contributed by atoms with Crippen LogP contribution in [0.15, 0.2) is 0 Å². The minimum Gasteiger partial charge on any atom is -0.396 e. The molecule has 1 saturated heterocycles. The summed E-state index contributed by atoms with van der Waals surface area (Å²) in [5, 5.41) is 8.88. The summed E-state index contributed by atoms with van der Waals surface area (Å²) < 4.78 is 0. The molecule has 1 heterocycles. The van der Waals surface area contributed by atoms with Gasteiger partial charge in [-0.3, -0.25) is 0 Å². The van der Waals surface area contributed by atoms with Crippen LogP contribution in [0, 0.1) is 0 Å². The highest BCUT2D eigenvalue weighted by Crippen LogP contribution is 2.23. The van der Waals surface area contributed by atoms with E-state index in [9.17, 15) is 0 Å². The van der Waals surface area contributed by atoms with Crippen molar-refractivity contribution in [2.75, 3.05) is 6.61 Å². The monoisotopic (exact) mass is 328 g/mol. The Bertz CT molecular complexity index is 245. The van der Waals surface area contributed by atoms with Gasteiger partial charge >= 0.3 is 0 Å². The van der Waals surface area contributed by atoms with Crippen molar-refractivity contribution in [3.8, 4) is 0 Å². The zero-order valence-electron chi connectivity index (χ0n) is 15.4.